The lowest BCUT2D eigenvalue weighted by atomic mass is 10.2. The smallest absolute Gasteiger partial charge is 0.318 e. The van der Waals surface area contributed by atoms with Gasteiger partial charge in [-0.05, 0) is 6.42 Å². The van der Waals surface area contributed by atoms with Gasteiger partial charge in [-0.15, -0.1) is 0 Å². The fourth-order valence-electron chi connectivity index (χ4n) is 2.51. The van der Waals surface area contributed by atoms with Crippen molar-refractivity contribution in [1.82, 2.24) is 19.5 Å². The van der Waals surface area contributed by atoms with Crippen molar-refractivity contribution in [3.63, 3.8) is 0 Å². The van der Waals surface area contributed by atoms with E-state index >= 15 is 0 Å². The molecule has 1 unspecified atom stereocenters. The molecule has 0 saturated heterocycles. The Hall–Kier alpha value is -2.12. The number of fused-ring (bicyclic) bond motifs is 1. The highest BCUT2D eigenvalue weighted by atomic mass is 19.3. The first-order chi connectivity index (χ1) is 9.50. The maximum atomic E-state index is 13.4. The summed E-state index contributed by atoms with van der Waals surface area (Å²) in [6, 6.07) is -0.508. The molecule has 20 heavy (non-hydrogen) atoms. The lowest BCUT2D eigenvalue weighted by molar-refractivity contribution is 0.00566. The molecule has 0 bridgehead atoms. The van der Waals surface area contributed by atoms with Gasteiger partial charge in [-0.3, -0.25) is 9.36 Å². The topological polar surface area (TPSA) is 69.9 Å². The molecule has 2 aromatic heterocycles. The zero-order valence-electron chi connectivity index (χ0n) is 10.7. The summed E-state index contributed by atoms with van der Waals surface area (Å²) in [5, 5.41) is 0. The van der Waals surface area contributed by atoms with Gasteiger partial charge in [0.1, 0.15) is 5.52 Å². The van der Waals surface area contributed by atoms with E-state index in [2.05, 4.69) is 15.0 Å². The quantitative estimate of drug-likeness (QED) is 0.836. The molecule has 3 rings (SSSR count). The third kappa shape index (κ3) is 2.10. The number of nitrogens with zero attached hydrogens (tertiary/aromatic N) is 4. The molecule has 0 aliphatic heterocycles. The second kappa shape index (κ2) is 4.46. The first-order valence-electron chi connectivity index (χ1n) is 6.16. The maximum Gasteiger partial charge on any atom is 0.318 e. The standard InChI is InChI=1S/C12H12F2N4O2/c1-20-11-16-5-8-10(17-11)18(9(19)6-15-8)7-2-3-12(13,14)4-7/h5-7H,2-4H2,1H3. The summed E-state index contributed by atoms with van der Waals surface area (Å²) in [6.07, 6.45) is 2.16. The Kier molecular flexibility index (Phi) is 2.88. The van der Waals surface area contributed by atoms with Crippen LogP contribution in [0.25, 0.3) is 11.2 Å². The van der Waals surface area contributed by atoms with Crippen LogP contribution in [0.15, 0.2) is 17.2 Å². The van der Waals surface area contributed by atoms with Gasteiger partial charge in [-0.1, -0.05) is 0 Å². The fourth-order valence-corrected chi connectivity index (χ4v) is 2.51. The molecule has 106 valence electrons. The van der Waals surface area contributed by atoms with Gasteiger partial charge in [0.15, 0.2) is 5.65 Å². The Balaban J connectivity index is 2.18. The van der Waals surface area contributed by atoms with E-state index in [0.717, 1.165) is 6.20 Å². The number of alkyl halides is 2. The molecule has 1 aliphatic rings. The van der Waals surface area contributed by atoms with Crippen LogP contribution < -0.4 is 10.3 Å². The molecule has 6 nitrogen and oxygen atoms in total. The normalized spacial score (nSPS) is 21.2. The van der Waals surface area contributed by atoms with Gasteiger partial charge in [0.2, 0.25) is 5.92 Å². The van der Waals surface area contributed by atoms with Crippen molar-refractivity contribution in [3.8, 4) is 6.01 Å². The maximum absolute atomic E-state index is 13.4. The minimum Gasteiger partial charge on any atom is -0.467 e. The summed E-state index contributed by atoms with van der Waals surface area (Å²) in [5.74, 6) is -2.74. The van der Waals surface area contributed by atoms with Crippen molar-refractivity contribution in [3.05, 3.63) is 22.7 Å². The molecular formula is C12H12F2N4O2. The molecule has 0 N–H and O–H groups in total. The highest BCUT2D eigenvalue weighted by molar-refractivity contribution is 5.69. The third-order valence-electron chi connectivity index (χ3n) is 3.43. The van der Waals surface area contributed by atoms with Gasteiger partial charge in [-0.25, -0.2) is 18.7 Å². The van der Waals surface area contributed by atoms with Crippen molar-refractivity contribution >= 4 is 11.2 Å². The minimum absolute atomic E-state index is 0.0726. The van der Waals surface area contributed by atoms with E-state index in [0.29, 0.717) is 5.52 Å². The average Bonchev–Trinajstić information content (AvgIpc) is 2.77. The molecule has 1 fully saturated rings. The monoisotopic (exact) mass is 282 g/mol. The van der Waals surface area contributed by atoms with Crippen LogP contribution in [0.1, 0.15) is 25.3 Å². The van der Waals surface area contributed by atoms with E-state index in [1.54, 1.807) is 0 Å². The number of hydrogen-bond donors (Lipinski definition) is 0. The lowest BCUT2D eigenvalue weighted by Gasteiger charge is -2.15. The van der Waals surface area contributed by atoms with Crippen LogP contribution in [0.3, 0.4) is 0 Å². The Morgan fingerprint density at radius 1 is 1.40 bits per heavy atom. The molecule has 0 spiro atoms. The lowest BCUT2D eigenvalue weighted by Crippen LogP contribution is -2.25. The summed E-state index contributed by atoms with van der Waals surface area (Å²) in [5.41, 5.74) is 0.161. The molecule has 0 radical (unpaired) electrons. The van der Waals surface area contributed by atoms with Gasteiger partial charge in [0, 0.05) is 18.9 Å². The zero-order chi connectivity index (χ0) is 14.3. The molecule has 1 aliphatic carbocycles. The van der Waals surface area contributed by atoms with Crippen molar-refractivity contribution in [2.24, 2.45) is 0 Å². The molecule has 0 amide bonds. The van der Waals surface area contributed by atoms with Gasteiger partial charge >= 0.3 is 6.01 Å². The molecular weight excluding hydrogens is 270 g/mol. The first kappa shape index (κ1) is 12.9. The average molecular weight is 282 g/mol. The second-order valence-electron chi connectivity index (χ2n) is 4.78. The highest BCUT2D eigenvalue weighted by Gasteiger charge is 2.41. The predicted molar refractivity (Wildman–Crippen MR) is 66.0 cm³/mol. The molecule has 8 heteroatoms. The molecule has 2 heterocycles. The first-order valence-corrected chi connectivity index (χ1v) is 6.16. The van der Waals surface area contributed by atoms with Crippen molar-refractivity contribution in [2.75, 3.05) is 7.11 Å². The Morgan fingerprint density at radius 3 is 2.85 bits per heavy atom. The van der Waals surface area contributed by atoms with Crippen LogP contribution in [-0.4, -0.2) is 32.6 Å². The van der Waals surface area contributed by atoms with E-state index in [1.165, 1.54) is 17.9 Å². The number of halogens is 2. The number of rotatable bonds is 2. The van der Waals surface area contributed by atoms with Gasteiger partial charge < -0.3 is 4.74 Å². The Morgan fingerprint density at radius 2 is 2.20 bits per heavy atom. The number of hydrogen-bond acceptors (Lipinski definition) is 5. The van der Waals surface area contributed by atoms with Gasteiger partial charge in [-0.2, -0.15) is 4.98 Å². The van der Waals surface area contributed by atoms with Crippen molar-refractivity contribution < 1.29 is 13.5 Å². The van der Waals surface area contributed by atoms with Gasteiger partial charge in [0.25, 0.3) is 5.56 Å². The van der Waals surface area contributed by atoms with E-state index < -0.39 is 17.5 Å². The van der Waals surface area contributed by atoms with Crippen molar-refractivity contribution in [1.29, 1.82) is 0 Å². The van der Waals surface area contributed by atoms with E-state index in [4.69, 9.17) is 4.74 Å². The van der Waals surface area contributed by atoms with E-state index in [9.17, 15) is 13.6 Å². The Labute approximate surface area is 112 Å². The summed E-state index contributed by atoms with van der Waals surface area (Å²) >= 11 is 0. The largest absolute Gasteiger partial charge is 0.467 e. The van der Waals surface area contributed by atoms with Crippen LogP contribution in [0.4, 0.5) is 8.78 Å². The fraction of sp³-hybridized carbons (Fsp3) is 0.500. The molecule has 0 aromatic carbocycles. The SMILES string of the molecule is COc1ncc2ncc(=O)n(C3CCC(F)(F)C3)c2n1. The Bertz CT molecular complexity index is 716. The zero-order valence-corrected chi connectivity index (χ0v) is 10.7. The predicted octanol–water partition coefficient (Wildman–Crippen LogP) is 1.56. The summed E-state index contributed by atoms with van der Waals surface area (Å²) in [7, 11) is 1.39. The summed E-state index contributed by atoms with van der Waals surface area (Å²) < 4.78 is 32.9. The van der Waals surface area contributed by atoms with E-state index in [1.807, 2.05) is 0 Å². The van der Waals surface area contributed by atoms with E-state index in [-0.39, 0.29) is 30.9 Å². The molecule has 1 atom stereocenters. The van der Waals surface area contributed by atoms with Crippen molar-refractivity contribution in [2.45, 2.75) is 31.2 Å². The molecule has 2 aromatic rings. The number of methoxy groups -OCH3 is 1. The van der Waals surface area contributed by atoms with Gasteiger partial charge in [0.05, 0.1) is 19.5 Å². The van der Waals surface area contributed by atoms with Crippen LogP contribution in [-0.2, 0) is 0 Å². The minimum atomic E-state index is -2.74. The third-order valence-corrected chi connectivity index (χ3v) is 3.43. The van der Waals surface area contributed by atoms with Crippen LogP contribution in [0, 0.1) is 0 Å². The number of ether oxygens (including phenoxy) is 1. The molecule has 1 saturated carbocycles. The second-order valence-corrected chi connectivity index (χ2v) is 4.78. The van der Waals surface area contributed by atoms with Crippen LogP contribution in [0.2, 0.25) is 0 Å². The summed E-state index contributed by atoms with van der Waals surface area (Å²) in [6.45, 7) is 0. The van der Waals surface area contributed by atoms with Crippen LogP contribution in [0.5, 0.6) is 6.01 Å². The summed E-state index contributed by atoms with van der Waals surface area (Å²) in [4.78, 5) is 23.9. The number of aromatic nitrogens is 4. The van der Waals surface area contributed by atoms with Crippen LogP contribution >= 0.6 is 0 Å². The highest BCUT2D eigenvalue weighted by Crippen LogP contribution is 2.41.